The van der Waals surface area contributed by atoms with Gasteiger partial charge in [-0.25, -0.2) is 0 Å². The second-order valence-corrected chi connectivity index (χ2v) is 8.99. The van der Waals surface area contributed by atoms with E-state index in [9.17, 15) is 5.11 Å². The number of methoxy groups -OCH3 is 2. The summed E-state index contributed by atoms with van der Waals surface area (Å²) in [4.78, 5) is 4.70. The second-order valence-electron chi connectivity index (χ2n) is 8.55. The molecule has 1 N–H and O–H groups in total. The van der Waals surface area contributed by atoms with Gasteiger partial charge < -0.3 is 14.6 Å². The third-order valence-electron chi connectivity index (χ3n) is 6.47. The van der Waals surface area contributed by atoms with Gasteiger partial charge in [0, 0.05) is 22.1 Å². The predicted octanol–water partition coefficient (Wildman–Crippen LogP) is 7.44. The zero-order valence-electron chi connectivity index (χ0n) is 20.1. The van der Waals surface area contributed by atoms with E-state index in [0.717, 1.165) is 38.6 Å². The highest BCUT2D eigenvalue weighted by Gasteiger charge is 2.30. The molecule has 5 rings (SSSR count). The quantitative estimate of drug-likeness (QED) is 0.255. The Morgan fingerprint density at radius 2 is 1.39 bits per heavy atom. The molecule has 0 spiro atoms. The van der Waals surface area contributed by atoms with E-state index in [0.29, 0.717) is 16.8 Å². The molecule has 36 heavy (non-hydrogen) atoms. The van der Waals surface area contributed by atoms with Gasteiger partial charge >= 0.3 is 0 Å². The van der Waals surface area contributed by atoms with E-state index in [-0.39, 0.29) is 0 Å². The minimum absolute atomic E-state index is 0.401. The van der Waals surface area contributed by atoms with E-state index in [1.807, 2.05) is 91.0 Å². The van der Waals surface area contributed by atoms with Crippen LogP contribution in [-0.2, 0) is 0 Å². The lowest BCUT2D eigenvalue weighted by atomic mass is 9.82. The summed E-state index contributed by atoms with van der Waals surface area (Å²) >= 11 is 6.14. The van der Waals surface area contributed by atoms with Gasteiger partial charge in [-0.15, -0.1) is 0 Å². The number of pyridine rings is 1. The van der Waals surface area contributed by atoms with E-state index < -0.39 is 12.0 Å². The van der Waals surface area contributed by atoms with Gasteiger partial charge in [-0.1, -0.05) is 96.5 Å². The summed E-state index contributed by atoms with van der Waals surface area (Å²) in [5.74, 6) is 0.388. The standard InChI is InChI=1S/C31H26ClNO3/c1-35-30-26(21-15-17-23(32)18-16-21)19-27(31(33-30)36-2)28(22-10-4-3-5-11-22)29(34)25-14-8-12-20-9-6-7-13-24(20)25/h3-19,28-29,34H,1-2H3/t28?,29-/m0/s1. The van der Waals surface area contributed by atoms with Crippen LogP contribution in [0.2, 0.25) is 5.02 Å². The SMILES string of the molecule is COc1nc(OC)c(C(c2ccccc2)[C@@H](O)c2cccc3ccccc23)cc1-c1ccc(Cl)cc1. The molecular formula is C31H26ClNO3. The Labute approximate surface area is 215 Å². The van der Waals surface area contributed by atoms with Gasteiger partial charge in [0.2, 0.25) is 11.8 Å². The van der Waals surface area contributed by atoms with E-state index in [1.54, 1.807) is 14.2 Å². The van der Waals surface area contributed by atoms with Crippen molar-refractivity contribution < 1.29 is 14.6 Å². The van der Waals surface area contributed by atoms with Crippen molar-refractivity contribution in [3.63, 3.8) is 0 Å². The highest BCUT2D eigenvalue weighted by molar-refractivity contribution is 6.30. The van der Waals surface area contributed by atoms with Crippen LogP contribution in [0.25, 0.3) is 21.9 Å². The number of hydrogen-bond acceptors (Lipinski definition) is 4. The summed E-state index contributed by atoms with van der Waals surface area (Å²) in [6.45, 7) is 0. The number of nitrogens with zero attached hydrogens (tertiary/aromatic N) is 1. The third-order valence-corrected chi connectivity index (χ3v) is 6.73. The first kappa shape index (κ1) is 23.9. The number of aliphatic hydroxyl groups excluding tert-OH is 1. The van der Waals surface area contributed by atoms with Gasteiger partial charge in [-0.05, 0) is 45.7 Å². The molecule has 0 saturated heterocycles. The number of aromatic nitrogens is 1. The van der Waals surface area contributed by atoms with Gasteiger partial charge in [-0.2, -0.15) is 4.98 Å². The van der Waals surface area contributed by atoms with Crippen molar-refractivity contribution in [3.8, 4) is 22.9 Å². The molecule has 0 saturated carbocycles. The van der Waals surface area contributed by atoms with Crippen LogP contribution < -0.4 is 9.47 Å². The highest BCUT2D eigenvalue weighted by Crippen LogP contribution is 2.45. The Morgan fingerprint density at radius 3 is 2.11 bits per heavy atom. The van der Waals surface area contributed by atoms with Crippen LogP contribution in [0.4, 0.5) is 0 Å². The zero-order chi connectivity index (χ0) is 25.1. The molecule has 0 amide bonds. The van der Waals surface area contributed by atoms with Crippen molar-refractivity contribution in [2.75, 3.05) is 14.2 Å². The first-order valence-electron chi connectivity index (χ1n) is 11.7. The summed E-state index contributed by atoms with van der Waals surface area (Å²) in [6, 6.07) is 33.6. The van der Waals surface area contributed by atoms with Crippen LogP contribution in [0.15, 0.2) is 103 Å². The fourth-order valence-electron chi connectivity index (χ4n) is 4.75. The number of hydrogen-bond donors (Lipinski definition) is 1. The second kappa shape index (κ2) is 10.4. The smallest absolute Gasteiger partial charge is 0.224 e. The number of rotatable bonds is 7. The van der Waals surface area contributed by atoms with Crippen molar-refractivity contribution >= 4 is 22.4 Å². The van der Waals surface area contributed by atoms with Gasteiger partial charge in [0.05, 0.1) is 20.3 Å². The molecular weight excluding hydrogens is 470 g/mol. The summed E-state index contributed by atoms with van der Waals surface area (Å²) in [7, 11) is 3.17. The molecule has 1 unspecified atom stereocenters. The van der Waals surface area contributed by atoms with Crippen LogP contribution in [0.3, 0.4) is 0 Å². The highest BCUT2D eigenvalue weighted by atomic mass is 35.5. The molecule has 5 aromatic rings. The van der Waals surface area contributed by atoms with Crippen LogP contribution in [0.1, 0.15) is 28.7 Å². The Kier molecular flexibility index (Phi) is 6.90. The summed E-state index contributed by atoms with van der Waals surface area (Å²) < 4.78 is 11.4. The van der Waals surface area contributed by atoms with E-state index in [4.69, 9.17) is 26.1 Å². The van der Waals surface area contributed by atoms with Crippen LogP contribution in [-0.4, -0.2) is 24.3 Å². The summed E-state index contributed by atoms with van der Waals surface area (Å²) in [5, 5.41) is 14.7. The Hall–Kier alpha value is -3.86. The van der Waals surface area contributed by atoms with Crippen molar-refractivity contribution in [1.82, 2.24) is 4.98 Å². The Balaban J connectivity index is 1.74. The molecule has 2 atom stereocenters. The van der Waals surface area contributed by atoms with E-state index >= 15 is 0 Å². The lowest BCUT2D eigenvalue weighted by Gasteiger charge is -2.27. The lowest BCUT2D eigenvalue weighted by molar-refractivity contribution is 0.158. The molecule has 1 aromatic heterocycles. The van der Waals surface area contributed by atoms with Crippen LogP contribution >= 0.6 is 11.6 Å². The maximum absolute atomic E-state index is 12.0. The molecule has 0 aliphatic rings. The molecule has 4 nitrogen and oxygen atoms in total. The average molecular weight is 496 g/mol. The Bertz CT molecular complexity index is 1480. The minimum Gasteiger partial charge on any atom is -0.481 e. The molecule has 5 heteroatoms. The molecule has 180 valence electrons. The van der Waals surface area contributed by atoms with Gasteiger partial charge in [-0.3, -0.25) is 0 Å². The third kappa shape index (κ3) is 4.53. The van der Waals surface area contributed by atoms with Gasteiger partial charge in [0.1, 0.15) is 0 Å². The number of benzene rings is 4. The zero-order valence-corrected chi connectivity index (χ0v) is 20.8. The molecule has 0 aliphatic carbocycles. The first-order valence-corrected chi connectivity index (χ1v) is 12.1. The number of fused-ring (bicyclic) bond motifs is 1. The van der Waals surface area contributed by atoms with Crippen molar-refractivity contribution in [1.29, 1.82) is 0 Å². The number of ether oxygens (including phenoxy) is 2. The molecule has 1 heterocycles. The van der Waals surface area contributed by atoms with E-state index in [1.165, 1.54) is 0 Å². The molecule has 0 bridgehead atoms. The van der Waals surface area contributed by atoms with Crippen LogP contribution in [0, 0.1) is 0 Å². The first-order chi connectivity index (χ1) is 17.6. The summed E-state index contributed by atoms with van der Waals surface area (Å²) in [5.41, 5.74) is 4.24. The lowest BCUT2D eigenvalue weighted by Crippen LogP contribution is -2.15. The van der Waals surface area contributed by atoms with Crippen LogP contribution in [0.5, 0.6) is 11.8 Å². The van der Waals surface area contributed by atoms with E-state index in [2.05, 4.69) is 12.1 Å². The fraction of sp³-hybridized carbons (Fsp3) is 0.129. The molecule has 0 radical (unpaired) electrons. The number of halogens is 1. The topological polar surface area (TPSA) is 51.6 Å². The Morgan fingerprint density at radius 1 is 0.722 bits per heavy atom. The molecule has 4 aromatic carbocycles. The normalized spacial score (nSPS) is 12.8. The fourth-order valence-corrected chi connectivity index (χ4v) is 4.88. The summed E-state index contributed by atoms with van der Waals surface area (Å²) in [6.07, 6.45) is -0.860. The number of aliphatic hydroxyl groups is 1. The predicted molar refractivity (Wildman–Crippen MR) is 145 cm³/mol. The molecule has 0 aliphatic heterocycles. The molecule has 0 fully saturated rings. The average Bonchev–Trinajstić information content (AvgIpc) is 2.93. The largest absolute Gasteiger partial charge is 0.481 e. The van der Waals surface area contributed by atoms with Gasteiger partial charge in [0.25, 0.3) is 0 Å². The van der Waals surface area contributed by atoms with Crippen molar-refractivity contribution in [2.24, 2.45) is 0 Å². The monoisotopic (exact) mass is 495 g/mol. The van der Waals surface area contributed by atoms with Crippen molar-refractivity contribution in [2.45, 2.75) is 12.0 Å². The maximum Gasteiger partial charge on any atom is 0.224 e. The van der Waals surface area contributed by atoms with Gasteiger partial charge in [0.15, 0.2) is 0 Å². The maximum atomic E-state index is 12.0. The van der Waals surface area contributed by atoms with Crippen molar-refractivity contribution in [3.05, 3.63) is 125 Å². The minimum atomic E-state index is -0.860.